The first kappa shape index (κ1) is 26.6. The van der Waals surface area contributed by atoms with Crippen molar-refractivity contribution >= 4 is 37.2 Å². The van der Waals surface area contributed by atoms with Crippen molar-refractivity contribution in [3.63, 3.8) is 0 Å². The van der Waals surface area contributed by atoms with Crippen molar-refractivity contribution in [1.29, 1.82) is 0 Å². The first-order chi connectivity index (χ1) is 16.0. The van der Waals surface area contributed by atoms with E-state index in [1.165, 1.54) is 23.5 Å². The highest BCUT2D eigenvalue weighted by molar-refractivity contribution is 7.39. The number of anilines is 1. The van der Waals surface area contributed by atoms with Crippen molar-refractivity contribution in [3.8, 4) is 27.0 Å². The molecule has 0 radical (unpaired) electrons. The number of nitrogens with one attached hydrogen (secondary N) is 1. The van der Waals surface area contributed by atoms with Gasteiger partial charge in [0.2, 0.25) is 0 Å². The van der Waals surface area contributed by atoms with Gasteiger partial charge in [-0.05, 0) is 45.9 Å². The van der Waals surface area contributed by atoms with Gasteiger partial charge in [0.15, 0.2) is 16.6 Å². The van der Waals surface area contributed by atoms with Crippen LogP contribution in [0.5, 0.6) is 5.75 Å². The summed E-state index contributed by atoms with van der Waals surface area (Å²) in [5.41, 5.74) is 8.66. The Labute approximate surface area is 207 Å². The molecule has 0 bridgehead atoms. The van der Waals surface area contributed by atoms with Crippen LogP contribution in [-0.2, 0) is 4.52 Å². The standard InChI is InChI=1S/C21H26ClFN5O4PS/c1-10(2)25-13-5-11(3)26-18(6-13)21-28-27-20(34-21)14-7-16(23)19(8-15(14)22)31-9-17(24)12(4)32-33(29)30/h5-8,10,12,17,29-30H,9,24H2,1-4H3,(H,25,26). The Morgan fingerprint density at radius 1 is 1.18 bits per heavy atom. The van der Waals surface area contributed by atoms with Crippen molar-refractivity contribution in [1.82, 2.24) is 15.2 Å². The summed E-state index contributed by atoms with van der Waals surface area (Å²) in [6, 6.07) is 5.94. The Morgan fingerprint density at radius 3 is 2.56 bits per heavy atom. The van der Waals surface area contributed by atoms with Gasteiger partial charge in [0.05, 0.1) is 17.2 Å². The predicted octanol–water partition coefficient (Wildman–Crippen LogP) is 4.51. The van der Waals surface area contributed by atoms with E-state index in [4.69, 9.17) is 36.4 Å². The zero-order chi connectivity index (χ0) is 25.0. The lowest BCUT2D eigenvalue weighted by molar-refractivity contribution is 0.132. The summed E-state index contributed by atoms with van der Waals surface area (Å²) < 4.78 is 25.0. The number of aryl methyl sites for hydroxylation is 1. The van der Waals surface area contributed by atoms with E-state index in [1.807, 2.05) is 32.9 Å². The van der Waals surface area contributed by atoms with Gasteiger partial charge in [0.25, 0.3) is 0 Å². The van der Waals surface area contributed by atoms with Gasteiger partial charge in [0.1, 0.15) is 17.3 Å². The van der Waals surface area contributed by atoms with Crippen molar-refractivity contribution in [2.45, 2.75) is 45.9 Å². The monoisotopic (exact) mass is 529 g/mol. The predicted molar refractivity (Wildman–Crippen MR) is 132 cm³/mol. The molecule has 1 aromatic carbocycles. The molecule has 9 nitrogen and oxygen atoms in total. The van der Waals surface area contributed by atoms with Gasteiger partial charge in [-0.15, -0.1) is 10.2 Å². The third kappa shape index (κ3) is 7.02. The molecule has 0 amide bonds. The fourth-order valence-electron chi connectivity index (χ4n) is 2.98. The molecule has 2 unspecified atom stereocenters. The van der Waals surface area contributed by atoms with Crippen molar-refractivity contribution in [3.05, 3.63) is 40.8 Å². The third-order valence-corrected chi connectivity index (χ3v) is 6.41. The molecule has 5 N–H and O–H groups in total. The average Bonchev–Trinajstić information content (AvgIpc) is 3.22. The molecule has 13 heteroatoms. The number of rotatable bonds is 10. The Kier molecular flexibility index (Phi) is 9.11. The number of nitrogens with zero attached hydrogens (tertiary/aromatic N) is 3. The highest BCUT2D eigenvalue weighted by Crippen LogP contribution is 2.37. The number of nitrogens with two attached hydrogens (primary N) is 1. The number of benzene rings is 1. The number of halogens is 2. The molecule has 0 aliphatic heterocycles. The van der Waals surface area contributed by atoms with Crippen LogP contribution >= 0.6 is 31.5 Å². The minimum atomic E-state index is -2.55. The summed E-state index contributed by atoms with van der Waals surface area (Å²) in [5.74, 6) is -0.748. The third-order valence-electron chi connectivity index (χ3n) is 4.60. The molecule has 184 valence electrons. The first-order valence-corrected chi connectivity index (χ1v) is 12.7. The lowest BCUT2D eigenvalue weighted by atomic mass is 10.2. The van der Waals surface area contributed by atoms with E-state index < -0.39 is 26.6 Å². The minimum Gasteiger partial charge on any atom is -0.489 e. The van der Waals surface area contributed by atoms with Crippen molar-refractivity contribution in [2.24, 2.45) is 5.73 Å². The first-order valence-electron chi connectivity index (χ1n) is 10.3. The smallest absolute Gasteiger partial charge is 0.327 e. The summed E-state index contributed by atoms with van der Waals surface area (Å²) in [4.78, 5) is 22.4. The van der Waals surface area contributed by atoms with Crippen LogP contribution < -0.4 is 15.8 Å². The molecule has 3 aromatic rings. The van der Waals surface area contributed by atoms with Gasteiger partial charge < -0.3 is 30.1 Å². The summed E-state index contributed by atoms with van der Waals surface area (Å²) in [5, 5.41) is 13.0. The Hall–Kier alpha value is -1.98. The van der Waals surface area contributed by atoms with Gasteiger partial charge in [0, 0.05) is 29.1 Å². The molecule has 0 saturated carbocycles. The van der Waals surface area contributed by atoms with E-state index in [1.54, 1.807) is 6.92 Å². The zero-order valence-corrected chi connectivity index (χ0v) is 21.5. The average molecular weight is 530 g/mol. The second-order valence-electron chi connectivity index (χ2n) is 7.89. The zero-order valence-electron chi connectivity index (χ0n) is 19.0. The van der Waals surface area contributed by atoms with Crippen LogP contribution in [0, 0.1) is 12.7 Å². The molecule has 0 aliphatic carbocycles. The van der Waals surface area contributed by atoms with Gasteiger partial charge in [-0.1, -0.05) is 22.9 Å². The van der Waals surface area contributed by atoms with Crippen LogP contribution in [0.15, 0.2) is 24.3 Å². The van der Waals surface area contributed by atoms with E-state index >= 15 is 0 Å². The van der Waals surface area contributed by atoms with Gasteiger partial charge >= 0.3 is 8.60 Å². The number of pyridine rings is 1. The van der Waals surface area contributed by atoms with Crippen LogP contribution in [0.2, 0.25) is 5.02 Å². The fraction of sp³-hybridized carbons (Fsp3) is 0.381. The summed E-state index contributed by atoms with van der Waals surface area (Å²) in [7, 11) is -2.55. The highest BCUT2D eigenvalue weighted by atomic mass is 35.5. The number of hydrogen-bond acceptors (Lipinski definition) is 10. The van der Waals surface area contributed by atoms with Crippen LogP contribution in [0.4, 0.5) is 10.1 Å². The lowest BCUT2D eigenvalue weighted by Gasteiger charge is -2.21. The van der Waals surface area contributed by atoms with E-state index in [9.17, 15) is 4.39 Å². The Balaban J connectivity index is 1.78. The van der Waals surface area contributed by atoms with Crippen LogP contribution in [0.25, 0.3) is 21.3 Å². The molecule has 0 fully saturated rings. The molecular weight excluding hydrogens is 504 g/mol. The summed E-state index contributed by atoms with van der Waals surface area (Å²) >= 11 is 7.64. The van der Waals surface area contributed by atoms with E-state index in [0.717, 1.165) is 11.4 Å². The molecule has 2 atom stereocenters. The number of hydrogen-bond donors (Lipinski definition) is 4. The molecule has 0 saturated heterocycles. The van der Waals surface area contributed by atoms with Gasteiger partial charge in [-0.3, -0.25) is 4.98 Å². The molecular formula is C21H26ClFN5O4PS. The van der Waals surface area contributed by atoms with E-state index in [2.05, 4.69) is 20.5 Å². The highest BCUT2D eigenvalue weighted by Gasteiger charge is 2.20. The lowest BCUT2D eigenvalue weighted by Crippen LogP contribution is -2.39. The summed E-state index contributed by atoms with van der Waals surface area (Å²) in [6.45, 7) is 7.43. The van der Waals surface area contributed by atoms with Gasteiger partial charge in [-0.2, -0.15) is 0 Å². The molecule has 2 aromatic heterocycles. The van der Waals surface area contributed by atoms with E-state index in [-0.39, 0.29) is 23.4 Å². The topological polar surface area (TPSA) is 136 Å². The Bertz CT molecular complexity index is 1140. The van der Waals surface area contributed by atoms with Crippen LogP contribution in [-0.4, -0.2) is 49.8 Å². The number of ether oxygens (including phenoxy) is 1. The molecule has 3 rings (SSSR count). The summed E-state index contributed by atoms with van der Waals surface area (Å²) in [6.07, 6.45) is -0.704. The van der Waals surface area contributed by atoms with E-state index in [0.29, 0.717) is 21.3 Å². The minimum absolute atomic E-state index is 0.0962. The second-order valence-corrected chi connectivity index (χ2v) is 10.00. The normalized spacial score (nSPS) is 13.4. The van der Waals surface area contributed by atoms with Crippen molar-refractivity contribution < 1.29 is 23.4 Å². The maximum absolute atomic E-state index is 14.7. The second kappa shape index (κ2) is 11.6. The quantitative estimate of drug-likeness (QED) is 0.280. The van der Waals surface area contributed by atoms with Gasteiger partial charge in [-0.25, -0.2) is 4.39 Å². The maximum Gasteiger partial charge on any atom is 0.327 e. The molecule has 34 heavy (non-hydrogen) atoms. The molecule has 0 aliphatic rings. The van der Waals surface area contributed by atoms with Crippen LogP contribution in [0.3, 0.4) is 0 Å². The number of aromatic nitrogens is 3. The fourth-order valence-corrected chi connectivity index (χ4v) is 4.57. The SMILES string of the molecule is Cc1cc(NC(C)C)cc(-c2nnc(-c3cc(F)c(OCC(N)C(C)OP(O)O)cc3Cl)s2)n1. The molecule has 2 heterocycles. The largest absolute Gasteiger partial charge is 0.489 e. The Morgan fingerprint density at radius 2 is 1.88 bits per heavy atom. The maximum atomic E-state index is 14.7. The van der Waals surface area contributed by atoms with Crippen LogP contribution in [0.1, 0.15) is 26.5 Å². The van der Waals surface area contributed by atoms with Crippen molar-refractivity contribution in [2.75, 3.05) is 11.9 Å². The molecule has 0 spiro atoms.